The van der Waals surface area contributed by atoms with Crippen LogP contribution >= 0.6 is 0 Å². The summed E-state index contributed by atoms with van der Waals surface area (Å²) in [6.45, 7) is 0.0135. The summed E-state index contributed by atoms with van der Waals surface area (Å²) in [7, 11) is 0. The van der Waals surface area contributed by atoms with Crippen molar-refractivity contribution < 1.29 is 19.5 Å². The summed E-state index contributed by atoms with van der Waals surface area (Å²) in [5.41, 5.74) is 1.35. The van der Waals surface area contributed by atoms with E-state index in [1.807, 2.05) is 0 Å². The summed E-state index contributed by atoms with van der Waals surface area (Å²) in [4.78, 5) is 34.4. The fraction of sp³-hybridized carbons (Fsp3) is 0.250. The van der Waals surface area contributed by atoms with E-state index in [2.05, 4.69) is 5.32 Å². The molecule has 1 fully saturated rings. The lowest BCUT2D eigenvalue weighted by molar-refractivity contribution is -0.137. The zero-order valence-electron chi connectivity index (χ0n) is 9.55. The summed E-state index contributed by atoms with van der Waals surface area (Å²) in [5, 5.41) is 11.0. The van der Waals surface area contributed by atoms with Crippen LogP contribution in [0.1, 0.15) is 12.0 Å². The van der Waals surface area contributed by atoms with Crippen LogP contribution in [0.25, 0.3) is 0 Å². The van der Waals surface area contributed by atoms with Crippen LogP contribution < -0.4 is 10.2 Å². The van der Waals surface area contributed by atoms with Crippen LogP contribution in [0.2, 0.25) is 0 Å². The SMILES string of the molecule is O=C(O)CCc1ccc(N2C(=O)CNC2=O)cc1. The van der Waals surface area contributed by atoms with Crippen LogP contribution in [0, 0.1) is 0 Å². The van der Waals surface area contributed by atoms with Crippen molar-refractivity contribution in [3.8, 4) is 0 Å². The van der Waals surface area contributed by atoms with Gasteiger partial charge >= 0.3 is 12.0 Å². The summed E-state index contributed by atoms with van der Waals surface area (Å²) in [5.74, 6) is -1.15. The van der Waals surface area contributed by atoms with Gasteiger partial charge in [0.2, 0.25) is 0 Å². The van der Waals surface area contributed by atoms with E-state index in [-0.39, 0.29) is 18.9 Å². The number of imide groups is 1. The van der Waals surface area contributed by atoms with Gasteiger partial charge in [0, 0.05) is 6.42 Å². The highest BCUT2D eigenvalue weighted by Gasteiger charge is 2.29. The Morgan fingerprint density at radius 1 is 1.28 bits per heavy atom. The van der Waals surface area contributed by atoms with Crippen LogP contribution in [-0.4, -0.2) is 29.6 Å². The number of carbonyl (C=O) groups excluding carboxylic acids is 2. The molecule has 0 aliphatic carbocycles. The number of urea groups is 1. The number of nitrogens with one attached hydrogen (secondary N) is 1. The number of hydrogen-bond donors (Lipinski definition) is 2. The van der Waals surface area contributed by atoms with E-state index in [4.69, 9.17) is 5.11 Å². The van der Waals surface area contributed by atoms with Crippen LogP contribution in [0.5, 0.6) is 0 Å². The number of hydrogen-bond acceptors (Lipinski definition) is 3. The maximum Gasteiger partial charge on any atom is 0.329 e. The van der Waals surface area contributed by atoms with E-state index in [0.717, 1.165) is 10.5 Å². The molecule has 6 heteroatoms. The number of aliphatic carboxylic acids is 1. The van der Waals surface area contributed by atoms with Crippen molar-refractivity contribution in [1.29, 1.82) is 0 Å². The molecule has 0 radical (unpaired) electrons. The Bertz CT molecular complexity index is 479. The Kier molecular flexibility index (Phi) is 3.27. The minimum Gasteiger partial charge on any atom is -0.481 e. The second kappa shape index (κ2) is 4.87. The van der Waals surface area contributed by atoms with Gasteiger partial charge in [-0.25, -0.2) is 9.69 Å². The molecule has 6 nitrogen and oxygen atoms in total. The first kappa shape index (κ1) is 12.1. The number of carboxylic acid groups (broad SMARTS) is 1. The molecule has 1 heterocycles. The number of carbonyl (C=O) groups is 3. The Labute approximate surface area is 103 Å². The minimum absolute atomic E-state index is 0.0135. The number of anilines is 1. The molecule has 1 aliphatic heterocycles. The highest BCUT2D eigenvalue weighted by molar-refractivity contribution is 6.19. The monoisotopic (exact) mass is 248 g/mol. The summed E-state index contributed by atoms with van der Waals surface area (Å²) < 4.78 is 0. The van der Waals surface area contributed by atoms with E-state index in [1.165, 1.54) is 0 Å². The molecular formula is C12H12N2O4. The number of carboxylic acids is 1. The van der Waals surface area contributed by atoms with Crippen molar-refractivity contribution in [2.45, 2.75) is 12.8 Å². The van der Waals surface area contributed by atoms with Crippen LogP contribution in [-0.2, 0) is 16.0 Å². The molecule has 3 amide bonds. The molecule has 0 saturated carbocycles. The number of nitrogens with zero attached hydrogens (tertiary/aromatic N) is 1. The van der Waals surface area contributed by atoms with E-state index in [0.29, 0.717) is 12.1 Å². The molecule has 0 aromatic heterocycles. The Morgan fingerprint density at radius 3 is 2.44 bits per heavy atom. The summed E-state index contributed by atoms with van der Waals surface area (Å²) in [6.07, 6.45) is 0.484. The fourth-order valence-corrected chi connectivity index (χ4v) is 1.75. The number of rotatable bonds is 4. The Morgan fingerprint density at radius 2 is 1.94 bits per heavy atom. The van der Waals surface area contributed by atoms with Gasteiger partial charge in [-0.1, -0.05) is 12.1 Å². The molecule has 2 N–H and O–H groups in total. The van der Waals surface area contributed by atoms with Gasteiger partial charge in [0.1, 0.15) is 0 Å². The largest absolute Gasteiger partial charge is 0.481 e. The number of amides is 3. The highest BCUT2D eigenvalue weighted by atomic mass is 16.4. The maximum atomic E-state index is 11.4. The van der Waals surface area contributed by atoms with Gasteiger partial charge in [0.25, 0.3) is 5.91 Å². The lowest BCUT2D eigenvalue weighted by atomic mass is 10.1. The summed E-state index contributed by atoms with van der Waals surface area (Å²) in [6, 6.07) is 6.28. The lowest BCUT2D eigenvalue weighted by Gasteiger charge is -2.12. The molecule has 0 spiro atoms. The summed E-state index contributed by atoms with van der Waals surface area (Å²) >= 11 is 0. The maximum absolute atomic E-state index is 11.4. The van der Waals surface area contributed by atoms with Crippen molar-refractivity contribution in [1.82, 2.24) is 5.32 Å². The van der Waals surface area contributed by atoms with Crippen molar-refractivity contribution in [3.05, 3.63) is 29.8 Å². The second-order valence-corrected chi connectivity index (χ2v) is 3.95. The third kappa shape index (κ3) is 2.48. The van der Waals surface area contributed by atoms with Crippen molar-refractivity contribution in [3.63, 3.8) is 0 Å². The molecule has 1 aromatic carbocycles. The van der Waals surface area contributed by atoms with Gasteiger partial charge in [0.15, 0.2) is 0 Å². The standard InChI is InChI=1S/C12H12N2O4/c15-10-7-13-12(18)14(10)9-4-1-8(2-5-9)3-6-11(16)17/h1-2,4-5H,3,6-7H2,(H,13,18)(H,16,17). The topological polar surface area (TPSA) is 86.7 Å². The van der Waals surface area contributed by atoms with Gasteiger partial charge in [-0.2, -0.15) is 0 Å². The first-order chi connectivity index (χ1) is 8.58. The average molecular weight is 248 g/mol. The number of aryl methyl sites for hydroxylation is 1. The van der Waals surface area contributed by atoms with E-state index in [1.54, 1.807) is 24.3 Å². The highest BCUT2D eigenvalue weighted by Crippen LogP contribution is 2.18. The molecule has 0 bridgehead atoms. The second-order valence-electron chi connectivity index (χ2n) is 3.95. The molecule has 94 valence electrons. The minimum atomic E-state index is -0.854. The lowest BCUT2D eigenvalue weighted by Crippen LogP contribution is -2.30. The average Bonchev–Trinajstić information content (AvgIpc) is 2.67. The first-order valence-electron chi connectivity index (χ1n) is 5.49. The Balaban J connectivity index is 2.10. The van der Waals surface area contributed by atoms with Crippen molar-refractivity contribution in [2.24, 2.45) is 0 Å². The molecular weight excluding hydrogens is 236 g/mol. The molecule has 1 saturated heterocycles. The number of benzene rings is 1. The molecule has 0 atom stereocenters. The van der Waals surface area contributed by atoms with E-state index >= 15 is 0 Å². The fourth-order valence-electron chi connectivity index (χ4n) is 1.75. The van der Waals surface area contributed by atoms with Crippen LogP contribution in [0.4, 0.5) is 10.5 Å². The van der Waals surface area contributed by atoms with E-state index in [9.17, 15) is 14.4 Å². The van der Waals surface area contributed by atoms with Crippen molar-refractivity contribution >= 4 is 23.6 Å². The molecule has 18 heavy (non-hydrogen) atoms. The zero-order valence-corrected chi connectivity index (χ0v) is 9.55. The molecule has 0 unspecified atom stereocenters. The smallest absolute Gasteiger partial charge is 0.329 e. The van der Waals surface area contributed by atoms with Gasteiger partial charge in [0.05, 0.1) is 12.2 Å². The van der Waals surface area contributed by atoms with Gasteiger partial charge in [-0.15, -0.1) is 0 Å². The van der Waals surface area contributed by atoms with Gasteiger partial charge in [-0.3, -0.25) is 9.59 Å². The predicted octanol–water partition coefficient (Wildman–Crippen LogP) is 0.760. The normalized spacial score (nSPS) is 14.8. The Hall–Kier alpha value is -2.37. The molecule has 1 aliphatic rings. The zero-order chi connectivity index (χ0) is 13.1. The van der Waals surface area contributed by atoms with Crippen LogP contribution in [0.3, 0.4) is 0 Å². The van der Waals surface area contributed by atoms with Crippen LogP contribution in [0.15, 0.2) is 24.3 Å². The first-order valence-corrected chi connectivity index (χ1v) is 5.49. The van der Waals surface area contributed by atoms with Crippen molar-refractivity contribution in [2.75, 3.05) is 11.4 Å². The van der Waals surface area contributed by atoms with Gasteiger partial charge in [-0.05, 0) is 24.1 Å². The molecule has 2 rings (SSSR count). The third-order valence-corrected chi connectivity index (χ3v) is 2.67. The van der Waals surface area contributed by atoms with E-state index < -0.39 is 12.0 Å². The quantitative estimate of drug-likeness (QED) is 0.770. The van der Waals surface area contributed by atoms with Gasteiger partial charge < -0.3 is 10.4 Å². The molecule has 1 aromatic rings. The predicted molar refractivity (Wildman–Crippen MR) is 63.3 cm³/mol. The third-order valence-electron chi connectivity index (χ3n) is 2.67.